The second kappa shape index (κ2) is 6.62. The average molecular weight is 367 g/mol. The number of hydrazone groups is 1. The quantitative estimate of drug-likeness (QED) is 0.672. The highest BCUT2D eigenvalue weighted by Gasteiger charge is 2.43. The van der Waals surface area contributed by atoms with Gasteiger partial charge in [-0.1, -0.05) is 61.2 Å². The van der Waals surface area contributed by atoms with Gasteiger partial charge in [-0.2, -0.15) is 5.10 Å². The minimum atomic E-state index is 0.0556. The summed E-state index contributed by atoms with van der Waals surface area (Å²) in [7, 11) is 0. The number of fused-ring (bicyclic) bond motifs is 3. The maximum Gasteiger partial charge on any atom is 0.190 e. The van der Waals surface area contributed by atoms with Gasteiger partial charge in [0.05, 0.1) is 11.8 Å². The molecule has 0 bridgehead atoms. The second-order valence-electron chi connectivity index (χ2n) is 7.60. The van der Waals surface area contributed by atoms with Gasteiger partial charge in [-0.25, -0.2) is 5.01 Å². The van der Waals surface area contributed by atoms with Crippen molar-refractivity contribution in [2.45, 2.75) is 50.8 Å². The van der Waals surface area contributed by atoms with Gasteiger partial charge in [0.25, 0.3) is 0 Å². The molecule has 0 radical (unpaired) electrons. The molecule has 0 spiro atoms. The minimum Gasteiger partial charge on any atom is -0.468 e. The summed E-state index contributed by atoms with van der Waals surface area (Å²) in [6.07, 6.45) is 7.41. The monoisotopic (exact) mass is 366 g/mol. The summed E-state index contributed by atoms with van der Waals surface area (Å²) in [4.78, 5) is 0. The van der Waals surface area contributed by atoms with Gasteiger partial charge in [0.15, 0.2) is 6.23 Å². The maximum atomic E-state index is 6.49. The molecule has 2 aliphatic heterocycles. The predicted molar refractivity (Wildman–Crippen MR) is 105 cm³/mol. The Labute approximate surface area is 159 Å². The molecule has 2 aromatic carbocycles. The van der Waals surface area contributed by atoms with E-state index < -0.39 is 0 Å². The van der Waals surface area contributed by atoms with Crippen LogP contribution in [0.15, 0.2) is 53.6 Å². The summed E-state index contributed by atoms with van der Waals surface area (Å²) >= 11 is 6.06. The fraction of sp³-hybridized carbons (Fsp3) is 0.409. The van der Waals surface area contributed by atoms with Crippen molar-refractivity contribution in [1.82, 2.24) is 5.01 Å². The average Bonchev–Trinajstić information content (AvgIpc) is 3.14. The van der Waals surface area contributed by atoms with Crippen LogP contribution in [0.3, 0.4) is 0 Å². The smallest absolute Gasteiger partial charge is 0.190 e. The molecule has 0 unspecified atom stereocenters. The van der Waals surface area contributed by atoms with Crippen LogP contribution in [-0.4, -0.2) is 16.9 Å². The molecule has 2 atom stereocenters. The SMILES string of the molecule is Clc1ccc(C2=NN3[C@@H](C2)c2ccccc2O[C@H]3C2CCCCC2)cc1. The van der Waals surface area contributed by atoms with Gasteiger partial charge in [-0.05, 0) is 36.6 Å². The molecule has 3 aliphatic rings. The zero-order valence-electron chi connectivity index (χ0n) is 14.8. The zero-order chi connectivity index (χ0) is 17.5. The van der Waals surface area contributed by atoms with E-state index in [-0.39, 0.29) is 12.3 Å². The molecule has 0 aromatic heterocycles. The van der Waals surface area contributed by atoms with Gasteiger partial charge < -0.3 is 4.74 Å². The van der Waals surface area contributed by atoms with Crippen molar-refractivity contribution in [2.24, 2.45) is 11.0 Å². The Balaban J connectivity index is 1.52. The molecule has 0 N–H and O–H groups in total. The molecule has 1 saturated carbocycles. The van der Waals surface area contributed by atoms with E-state index in [1.54, 1.807) is 0 Å². The molecule has 134 valence electrons. The predicted octanol–water partition coefficient (Wildman–Crippen LogP) is 5.79. The van der Waals surface area contributed by atoms with Crippen LogP contribution in [0.4, 0.5) is 0 Å². The van der Waals surface area contributed by atoms with E-state index in [2.05, 4.69) is 41.4 Å². The van der Waals surface area contributed by atoms with Gasteiger partial charge >= 0.3 is 0 Å². The number of hydrogen-bond acceptors (Lipinski definition) is 3. The number of halogens is 1. The Morgan fingerprint density at radius 3 is 2.54 bits per heavy atom. The van der Waals surface area contributed by atoms with Crippen LogP contribution in [0.2, 0.25) is 5.02 Å². The van der Waals surface area contributed by atoms with Crippen molar-refractivity contribution >= 4 is 17.3 Å². The molecule has 1 fully saturated rings. The molecule has 0 saturated heterocycles. The molecular formula is C22H23ClN2O. The number of nitrogens with zero attached hydrogens (tertiary/aromatic N) is 2. The molecule has 2 aromatic rings. The van der Waals surface area contributed by atoms with E-state index in [1.807, 2.05) is 12.1 Å². The number of rotatable bonds is 2. The third-order valence-corrected chi connectivity index (χ3v) is 6.21. The molecule has 5 rings (SSSR count). The molecular weight excluding hydrogens is 344 g/mol. The molecule has 0 amide bonds. The summed E-state index contributed by atoms with van der Waals surface area (Å²) < 4.78 is 6.49. The van der Waals surface area contributed by atoms with Crippen molar-refractivity contribution in [3.8, 4) is 5.75 Å². The first-order valence-electron chi connectivity index (χ1n) is 9.67. The van der Waals surface area contributed by atoms with E-state index in [4.69, 9.17) is 21.4 Å². The van der Waals surface area contributed by atoms with Gasteiger partial charge in [-0.3, -0.25) is 0 Å². The van der Waals surface area contributed by atoms with Gasteiger partial charge in [0.2, 0.25) is 0 Å². The zero-order valence-corrected chi connectivity index (χ0v) is 15.5. The van der Waals surface area contributed by atoms with Crippen molar-refractivity contribution in [2.75, 3.05) is 0 Å². The summed E-state index contributed by atoms with van der Waals surface area (Å²) in [5, 5.41) is 8.06. The molecule has 26 heavy (non-hydrogen) atoms. The minimum absolute atomic E-state index is 0.0556. The Kier molecular flexibility index (Phi) is 4.12. The van der Waals surface area contributed by atoms with Crippen molar-refractivity contribution in [3.63, 3.8) is 0 Å². The van der Waals surface area contributed by atoms with Crippen LogP contribution in [0, 0.1) is 5.92 Å². The van der Waals surface area contributed by atoms with Crippen LogP contribution in [0.1, 0.15) is 55.7 Å². The van der Waals surface area contributed by atoms with Crippen LogP contribution >= 0.6 is 11.6 Å². The summed E-state index contributed by atoms with van der Waals surface area (Å²) in [6, 6.07) is 16.8. The van der Waals surface area contributed by atoms with E-state index >= 15 is 0 Å². The highest BCUT2D eigenvalue weighted by Crippen LogP contribution is 2.46. The van der Waals surface area contributed by atoms with Gasteiger partial charge in [0, 0.05) is 22.9 Å². The first-order chi connectivity index (χ1) is 12.8. The van der Waals surface area contributed by atoms with Crippen molar-refractivity contribution in [3.05, 3.63) is 64.7 Å². The largest absolute Gasteiger partial charge is 0.468 e. The lowest BCUT2D eigenvalue weighted by atomic mass is 9.86. The van der Waals surface area contributed by atoms with Crippen molar-refractivity contribution in [1.29, 1.82) is 0 Å². The number of ether oxygens (including phenoxy) is 1. The Hall–Kier alpha value is -2.00. The molecule has 3 nitrogen and oxygen atoms in total. The molecule has 1 aliphatic carbocycles. The highest BCUT2D eigenvalue weighted by atomic mass is 35.5. The Bertz CT molecular complexity index is 826. The molecule has 4 heteroatoms. The van der Waals surface area contributed by atoms with Crippen LogP contribution in [0.5, 0.6) is 5.75 Å². The fourth-order valence-corrected chi connectivity index (χ4v) is 4.74. The Morgan fingerprint density at radius 1 is 0.962 bits per heavy atom. The number of benzene rings is 2. The van der Waals surface area contributed by atoms with E-state index in [0.717, 1.165) is 28.5 Å². The standard InChI is InChI=1S/C22H23ClN2O/c23-17-12-10-15(11-13-17)19-14-20-18-8-4-5-9-21(18)26-22(25(20)24-19)16-6-2-1-3-7-16/h4-5,8-13,16,20,22H,1-3,6-7,14H2/t20-,22-/m0/s1. The lowest BCUT2D eigenvalue weighted by Gasteiger charge is -2.42. The number of hydrogen-bond donors (Lipinski definition) is 0. The first kappa shape index (κ1) is 16.2. The normalized spacial score (nSPS) is 25.3. The van der Waals surface area contributed by atoms with Crippen molar-refractivity contribution < 1.29 is 4.74 Å². The highest BCUT2D eigenvalue weighted by molar-refractivity contribution is 6.30. The lowest BCUT2D eigenvalue weighted by Crippen LogP contribution is -2.45. The topological polar surface area (TPSA) is 24.8 Å². The summed E-state index contributed by atoms with van der Waals surface area (Å²) in [6.45, 7) is 0. The third kappa shape index (κ3) is 2.79. The van der Waals surface area contributed by atoms with E-state index in [0.29, 0.717) is 5.92 Å². The third-order valence-electron chi connectivity index (χ3n) is 5.96. The maximum absolute atomic E-state index is 6.49. The molecule has 2 heterocycles. The first-order valence-corrected chi connectivity index (χ1v) is 10.0. The lowest BCUT2D eigenvalue weighted by molar-refractivity contribution is -0.0643. The van der Waals surface area contributed by atoms with E-state index in [9.17, 15) is 0 Å². The van der Waals surface area contributed by atoms with E-state index in [1.165, 1.54) is 37.7 Å². The van der Waals surface area contributed by atoms with Gasteiger partial charge in [-0.15, -0.1) is 0 Å². The summed E-state index contributed by atoms with van der Waals surface area (Å²) in [5.74, 6) is 1.60. The summed E-state index contributed by atoms with van der Waals surface area (Å²) in [5.41, 5.74) is 3.55. The Morgan fingerprint density at radius 2 is 1.73 bits per heavy atom. The van der Waals surface area contributed by atoms with Crippen LogP contribution in [0.25, 0.3) is 0 Å². The van der Waals surface area contributed by atoms with Crippen LogP contribution in [-0.2, 0) is 0 Å². The van der Waals surface area contributed by atoms with Gasteiger partial charge in [0.1, 0.15) is 5.75 Å². The van der Waals surface area contributed by atoms with Crippen LogP contribution < -0.4 is 4.74 Å². The fourth-order valence-electron chi connectivity index (χ4n) is 4.61. The second-order valence-corrected chi connectivity index (χ2v) is 8.03. The number of para-hydroxylation sites is 1.